The van der Waals surface area contributed by atoms with Crippen LogP contribution in [-0.2, 0) is 6.42 Å². The second kappa shape index (κ2) is 3.91. The van der Waals surface area contributed by atoms with E-state index < -0.39 is 0 Å². The predicted octanol–water partition coefficient (Wildman–Crippen LogP) is 2.51. The molecule has 58 valence electrons. The van der Waals surface area contributed by atoms with Gasteiger partial charge in [0, 0.05) is 0 Å². The summed E-state index contributed by atoms with van der Waals surface area (Å²) in [5.74, 6) is 0.359. The molecular weight excluding hydrogens is 134 g/mol. The van der Waals surface area contributed by atoms with E-state index in [0.717, 1.165) is 6.42 Å². The molecule has 0 amide bonds. The lowest BCUT2D eigenvalue weighted by molar-refractivity contribution is 0.779. The molecule has 0 aliphatic rings. The van der Waals surface area contributed by atoms with Crippen molar-refractivity contribution in [3.8, 4) is 0 Å². The van der Waals surface area contributed by atoms with E-state index in [1.165, 1.54) is 11.8 Å². The van der Waals surface area contributed by atoms with Gasteiger partial charge < -0.3 is 5.41 Å². The van der Waals surface area contributed by atoms with Crippen molar-refractivity contribution in [3.05, 3.63) is 35.9 Å². The minimum absolute atomic E-state index is 0.359. The number of benzene rings is 1. The van der Waals surface area contributed by atoms with E-state index in [0.29, 0.717) is 5.92 Å². The first-order valence-corrected chi connectivity index (χ1v) is 3.87. The molecule has 1 N–H and O–H groups in total. The maximum Gasteiger partial charge on any atom is -0.00162 e. The van der Waals surface area contributed by atoms with E-state index >= 15 is 0 Å². The summed E-state index contributed by atoms with van der Waals surface area (Å²) in [4.78, 5) is 0. The minimum atomic E-state index is 0.359. The van der Waals surface area contributed by atoms with Gasteiger partial charge in [0.25, 0.3) is 0 Å². The van der Waals surface area contributed by atoms with Crippen LogP contribution in [0.5, 0.6) is 0 Å². The van der Waals surface area contributed by atoms with Crippen molar-refractivity contribution in [2.24, 2.45) is 5.92 Å². The third-order valence-corrected chi connectivity index (χ3v) is 1.69. The fourth-order valence-corrected chi connectivity index (χ4v) is 1.04. The number of nitrogens with one attached hydrogen (secondary N) is 1. The highest BCUT2D eigenvalue weighted by molar-refractivity contribution is 5.56. The summed E-state index contributed by atoms with van der Waals surface area (Å²) in [6.45, 7) is 2.06. The molecule has 0 saturated heterocycles. The van der Waals surface area contributed by atoms with Crippen LogP contribution in [0, 0.1) is 11.3 Å². The van der Waals surface area contributed by atoms with Crippen LogP contribution in [0.1, 0.15) is 12.5 Å². The first-order valence-electron chi connectivity index (χ1n) is 3.87. The summed E-state index contributed by atoms with van der Waals surface area (Å²) in [5.41, 5.74) is 1.31. The summed E-state index contributed by atoms with van der Waals surface area (Å²) in [7, 11) is 0. The lowest BCUT2D eigenvalue weighted by Crippen LogP contribution is -1.99. The Kier molecular flexibility index (Phi) is 2.84. The molecule has 1 rings (SSSR count). The van der Waals surface area contributed by atoms with Crippen molar-refractivity contribution in [2.45, 2.75) is 13.3 Å². The van der Waals surface area contributed by atoms with Crippen LogP contribution in [0.15, 0.2) is 30.3 Å². The van der Waals surface area contributed by atoms with Gasteiger partial charge in [0.05, 0.1) is 0 Å². The average Bonchev–Trinajstić information content (AvgIpc) is 2.06. The van der Waals surface area contributed by atoms with Crippen LogP contribution in [0.4, 0.5) is 0 Å². The molecule has 0 bridgehead atoms. The Morgan fingerprint density at radius 3 is 2.55 bits per heavy atom. The Morgan fingerprint density at radius 2 is 2.00 bits per heavy atom. The van der Waals surface area contributed by atoms with Crippen molar-refractivity contribution in [3.63, 3.8) is 0 Å². The predicted molar refractivity (Wildman–Crippen MR) is 48.1 cm³/mol. The molecule has 0 aliphatic heterocycles. The van der Waals surface area contributed by atoms with Crippen LogP contribution in [0.25, 0.3) is 0 Å². The maximum absolute atomic E-state index is 7.03. The SMILES string of the molecule is CC(C=N)Cc1ccccc1. The molecule has 1 nitrogen and oxygen atoms in total. The third-order valence-electron chi connectivity index (χ3n) is 1.69. The maximum atomic E-state index is 7.03. The van der Waals surface area contributed by atoms with Crippen molar-refractivity contribution in [1.82, 2.24) is 0 Å². The highest BCUT2D eigenvalue weighted by Gasteiger charge is 1.97. The van der Waals surface area contributed by atoms with E-state index in [1.54, 1.807) is 0 Å². The van der Waals surface area contributed by atoms with E-state index in [9.17, 15) is 0 Å². The van der Waals surface area contributed by atoms with Gasteiger partial charge in [-0.2, -0.15) is 0 Å². The van der Waals surface area contributed by atoms with Gasteiger partial charge in [-0.25, -0.2) is 0 Å². The summed E-state index contributed by atoms with van der Waals surface area (Å²) in [5, 5.41) is 7.03. The summed E-state index contributed by atoms with van der Waals surface area (Å²) in [6.07, 6.45) is 2.47. The summed E-state index contributed by atoms with van der Waals surface area (Å²) >= 11 is 0. The van der Waals surface area contributed by atoms with E-state index in [4.69, 9.17) is 5.41 Å². The Balaban J connectivity index is 2.57. The molecule has 1 heteroatoms. The van der Waals surface area contributed by atoms with Gasteiger partial charge in [-0.1, -0.05) is 37.3 Å². The van der Waals surface area contributed by atoms with Gasteiger partial charge in [0.1, 0.15) is 0 Å². The molecule has 1 aromatic rings. The van der Waals surface area contributed by atoms with Gasteiger partial charge in [0.15, 0.2) is 0 Å². The van der Waals surface area contributed by atoms with Crippen molar-refractivity contribution in [1.29, 1.82) is 5.41 Å². The quantitative estimate of drug-likeness (QED) is 0.635. The van der Waals surface area contributed by atoms with Gasteiger partial charge in [-0.15, -0.1) is 0 Å². The van der Waals surface area contributed by atoms with Crippen LogP contribution >= 0.6 is 0 Å². The Hall–Kier alpha value is -1.11. The van der Waals surface area contributed by atoms with Gasteiger partial charge in [0.2, 0.25) is 0 Å². The normalized spacial score (nSPS) is 12.5. The topological polar surface area (TPSA) is 23.9 Å². The van der Waals surface area contributed by atoms with E-state index in [2.05, 4.69) is 19.1 Å². The number of hydrogen-bond acceptors (Lipinski definition) is 1. The first-order chi connectivity index (χ1) is 5.33. The second-order valence-electron chi connectivity index (χ2n) is 2.83. The van der Waals surface area contributed by atoms with E-state index in [1.807, 2.05) is 18.2 Å². The molecule has 1 unspecified atom stereocenters. The van der Waals surface area contributed by atoms with E-state index in [-0.39, 0.29) is 0 Å². The molecular formula is C10H13N. The molecule has 1 atom stereocenters. The summed E-state index contributed by atoms with van der Waals surface area (Å²) < 4.78 is 0. The van der Waals surface area contributed by atoms with Crippen molar-refractivity contribution in [2.75, 3.05) is 0 Å². The first kappa shape index (κ1) is 7.99. The number of rotatable bonds is 3. The largest absolute Gasteiger partial charge is 0.313 e. The minimum Gasteiger partial charge on any atom is -0.313 e. The molecule has 11 heavy (non-hydrogen) atoms. The standard InChI is InChI=1S/C10H13N/c1-9(8-11)7-10-5-3-2-4-6-10/h2-6,8-9,11H,7H2,1H3. The molecule has 0 aliphatic carbocycles. The molecule has 0 saturated carbocycles. The lowest BCUT2D eigenvalue weighted by Gasteiger charge is -2.03. The fraction of sp³-hybridized carbons (Fsp3) is 0.300. The monoisotopic (exact) mass is 147 g/mol. The van der Waals surface area contributed by atoms with Crippen LogP contribution in [-0.4, -0.2) is 6.21 Å². The Morgan fingerprint density at radius 1 is 1.36 bits per heavy atom. The third kappa shape index (κ3) is 2.54. The van der Waals surface area contributed by atoms with Crippen LogP contribution < -0.4 is 0 Å². The molecule has 0 fully saturated rings. The fourth-order valence-electron chi connectivity index (χ4n) is 1.04. The smallest absolute Gasteiger partial charge is 0.00162 e. The molecule has 0 heterocycles. The summed E-state index contributed by atoms with van der Waals surface area (Å²) in [6, 6.07) is 10.3. The zero-order valence-corrected chi connectivity index (χ0v) is 6.75. The van der Waals surface area contributed by atoms with Crippen molar-refractivity contribution >= 4 is 6.21 Å². The van der Waals surface area contributed by atoms with Crippen LogP contribution in [0.2, 0.25) is 0 Å². The number of hydrogen-bond donors (Lipinski definition) is 1. The molecule has 0 aromatic heterocycles. The molecule has 0 radical (unpaired) electrons. The van der Waals surface area contributed by atoms with Gasteiger partial charge >= 0.3 is 0 Å². The zero-order chi connectivity index (χ0) is 8.10. The van der Waals surface area contributed by atoms with Gasteiger partial charge in [-0.3, -0.25) is 0 Å². The molecule has 0 spiro atoms. The Labute approximate surface area is 67.6 Å². The highest BCUT2D eigenvalue weighted by atomic mass is 14.3. The highest BCUT2D eigenvalue weighted by Crippen LogP contribution is 2.05. The van der Waals surface area contributed by atoms with Crippen LogP contribution in [0.3, 0.4) is 0 Å². The lowest BCUT2D eigenvalue weighted by atomic mass is 10.0. The second-order valence-corrected chi connectivity index (χ2v) is 2.83. The van der Waals surface area contributed by atoms with Gasteiger partial charge in [-0.05, 0) is 24.1 Å². The zero-order valence-electron chi connectivity index (χ0n) is 6.75. The Bertz CT molecular complexity index is 216. The van der Waals surface area contributed by atoms with Crippen molar-refractivity contribution < 1.29 is 0 Å². The molecule has 1 aromatic carbocycles. The average molecular weight is 147 g/mol.